The Morgan fingerprint density at radius 3 is 2.22 bits per heavy atom. The zero-order valence-corrected chi connectivity index (χ0v) is 20.6. The molecular weight excluding hydrogens is 444 g/mol. The van der Waals surface area contributed by atoms with Gasteiger partial charge in [-0.15, -0.1) is 0 Å². The largest absolute Gasteiger partial charge is 0.299 e. The summed E-state index contributed by atoms with van der Waals surface area (Å²) in [5.74, 6) is 0.282. The quantitative estimate of drug-likeness (QED) is 0.328. The topological polar surface area (TPSA) is 59.4 Å². The van der Waals surface area contributed by atoms with Gasteiger partial charge in [0.2, 0.25) is 0 Å². The zero-order valence-electron chi connectivity index (χ0n) is 20.6. The number of benzene rings is 3. The molecule has 3 aromatic carbocycles. The van der Waals surface area contributed by atoms with Gasteiger partial charge in [-0.2, -0.15) is 0 Å². The standard InChI is InChI=1S/C32H28N2O2/c1-21-13-27(14-22(2)33-21)25-9-6-10-26(18-25)32-20-30(36)19-28-15-24(11-12-31(28)34-32)17-29(35)16-23-7-4-3-5-8-23/h3-15,18H,16-17,19-20H2,1-2H3. The number of carbonyl (C=O) groups excluding carboxylic acids is 2. The number of pyridine rings is 1. The number of rotatable bonds is 6. The minimum Gasteiger partial charge on any atom is -0.299 e. The maximum atomic E-state index is 12.9. The molecule has 0 fully saturated rings. The predicted molar refractivity (Wildman–Crippen MR) is 144 cm³/mol. The number of hydrogen-bond donors (Lipinski definition) is 0. The molecule has 0 saturated heterocycles. The highest BCUT2D eigenvalue weighted by atomic mass is 16.1. The first kappa shape index (κ1) is 23.6. The fourth-order valence-corrected chi connectivity index (χ4v) is 4.81. The molecule has 5 rings (SSSR count). The van der Waals surface area contributed by atoms with Gasteiger partial charge in [-0.05, 0) is 71.5 Å². The molecule has 0 atom stereocenters. The summed E-state index contributed by atoms with van der Waals surface area (Å²) in [6.45, 7) is 3.99. The molecule has 1 aromatic heterocycles. The van der Waals surface area contributed by atoms with Crippen LogP contribution >= 0.6 is 0 Å². The summed E-state index contributed by atoms with van der Waals surface area (Å²) >= 11 is 0. The highest BCUT2D eigenvalue weighted by molar-refractivity contribution is 6.14. The molecule has 4 nitrogen and oxygen atoms in total. The summed E-state index contributed by atoms with van der Waals surface area (Å²) < 4.78 is 0. The van der Waals surface area contributed by atoms with Crippen molar-refractivity contribution in [1.82, 2.24) is 4.98 Å². The van der Waals surface area contributed by atoms with Crippen LogP contribution in [0.5, 0.6) is 0 Å². The fourth-order valence-electron chi connectivity index (χ4n) is 4.81. The summed E-state index contributed by atoms with van der Waals surface area (Å²) in [5.41, 5.74) is 9.48. The van der Waals surface area contributed by atoms with Gasteiger partial charge >= 0.3 is 0 Å². The molecule has 0 saturated carbocycles. The highest BCUT2D eigenvalue weighted by Crippen LogP contribution is 2.29. The van der Waals surface area contributed by atoms with E-state index in [9.17, 15) is 9.59 Å². The number of aryl methyl sites for hydroxylation is 2. The number of hydrogen-bond acceptors (Lipinski definition) is 4. The van der Waals surface area contributed by atoms with Crippen molar-refractivity contribution in [2.24, 2.45) is 4.99 Å². The van der Waals surface area contributed by atoms with Crippen LogP contribution in [0.15, 0.2) is 89.9 Å². The molecule has 178 valence electrons. The number of aromatic nitrogens is 1. The number of nitrogens with zero attached hydrogens (tertiary/aromatic N) is 2. The van der Waals surface area contributed by atoms with Crippen molar-refractivity contribution in [3.63, 3.8) is 0 Å². The van der Waals surface area contributed by atoms with Crippen LogP contribution in [0, 0.1) is 13.8 Å². The zero-order chi connectivity index (χ0) is 25.1. The van der Waals surface area contributed by atoms with Gasteiger partial charge in [-0.25, -0.2) is 0 Å². The van der Waals surface area contributed by atoms with Crippen LogP contribution < -0.4 is 0 Å². The van der Waals surface area contributed by atoms with E-state index in [1.165, 1.54) is 0 Å². The number of fused-ring (bicyclic) bond motifs is 1. The molecule has 4 aromatic rings. The van der Waals surface area contributed by atoms with Crippen LogP contribution in [0.2, 0.25) is 0 Å². The first-order valence-electron chi connectivity index (χ1n) is 12.3. The molecule has 0 aliphatic carbocycles. The summed E-state index contributed by atoms with van der Waals surface area (Å²) in [6.07, 6.45) is 1.37. The average Bonchev–Trinajstić information content (AvgIpc) is 3.02. The molecule has 1 aliphatic rings. The van der Waals surface area contributed by atoms with Crippen LogP contribution in [-0.4, -0.2) is 22.3 Å². The average molecular weight is 473 g/mol. The Labute approximate surface area is 211 Å². The van der Waals surface area contributed by atoms with Gasteiger partial charge in [-0.1, -0.05) is 60.7 Å². The molecule has 0 spiro atoms. The van der Waals surface area contributed by atoms with Crippen LogP contribution in [0.4, 0.5) is 5.69 Å². The lowest BCUT2D eigenvalue weighted by Gasteiger charge is -2.09. The first-order valence-corrected chi connectivity index (χ1v) is 12.3. The molecule has 0 N–H and O–H groups in total. The second kappa shape index (κ2) is 10.2. The highest BCUT2D eigenvalue weighted by Gasteiger charge is 2.19. The van der Waals surface area contributed by atoms with Gasteiger partial charge in [0, 0.05) is 37.1 Å². The smallest absolute Gasteiger partial charge is 0.143 e. The van der Waals surface area contributed by atoms with Crippen molar-refractivity contribution in [2.45, 2.75) is 39.5 Å². The van der Waals surface area contributed by atoms with E-state index in [4.69, 9.17) is 4.99 Å². The lowest BCUT2D eigenvalue weighted by atomic mass is 9.97. The summed E-state index contributed by atoms with van der Waals surface area (Å²) in [5, 5.41) is 0. The van der Waals surface area contributed by atoms with Crippen LogP contribution in [-0.2, 0) is 28.9 Å². The van der Waals surface area contributed by atoms with E-state index in [0.717, 1.165) is 56.2 Å². The Balaban J connectivity index is 1.41. The van der Waals surface area contributed by atoms with Crippen molar-refractivity contribution in [2.75, 3.05) is 0 Å². The Kier molecular flexibility index (Phi) is 6.68. The number of ketones is 2. The lowest BCUT2D eigenvalue weighted by molar-refractivity contribution is -0.118. The number of aliphatic imine (C=N–C) groups is 1. The van der Waals surface area contributed by atoms with E-state index >= 15 is 0 Å². The van der Waals surface area contributed by atoms with Crippen molar-refractivity contribution < 1.29 is 9.59 Å². The Morgan fingerprint density at radius 1 is 0.722 bits per heavy atom. The molecule has 0 amide bonds. The maximum absolute atomic E-state index is 12.9. The minimum absolute atomic E-state index is 0.126. The maximum Gasteiger partial charge on any atom is 0.143 e. The van der Waals surface area contributed by atoms with Gasteiger partial charge in [0.05, 0.1) is 11.4 Å². The van der Waals surface area contributed by atoms with Gasteiger partial charge < -0.3 is 0 Å². The molecule has 1 aliphatic heterocycles. The second-order valence-electron chi connectivity index (χ2n) is 9.51. The second-order valence-corrected chi connectivity index (χ2v) is 9.51. The number of carbonyl (C=O) groups is 2. The van der Waals surface area contributed by atoms with E-state index in [-0.39, 0.29) is 18.0 Å². The first-order chi connectivity index (χ1) is 17.4. The molecule has 2 heterocycles. The van der Waals surface area contributed by atoms with Crippen LogP contribution in [0.1, 0.15) is 40.1 Å². The third-order valence-electron chi connectivity index (χ3n) is 6.41. The Morgan fingerprint density at radius 2 is 1.44 bits per heavy atom. The minimum atomic E-state index is 0.126. The lowest BCUT2D eigenvalue weighted by Crippen LogP contribution is -2.09. The van der Waals surface area contributed by atoms with Crippen molar-refractivity contribution in [3.05, 3.63) is 119 Å². The third-order valence-corrected chi connectivity index (χ3v) is 6.41. The van der Waals surface area contributed by atoms with Gasteiger partial charge in [-0.3, -0.25) is 19.6 Å². The normalized spacial score (nSPS) is 13.1. The number of Topliss-reactive ketones (excluding diaryl/α,β-unsaturated/α-hetero) is 2. The monoisotopic (exact) mass is 472 g/mol. The summed E-state index contributed by atoms with van der Waals surface area (Å²) in [6, 6.07) is 28.0. The van der Waals surface area contributed by atoms with E-state index in [1.807, 2.05) is 74.5 Å². The SMILES string of the molecule is Cc1cc(-c2cccc(C3=Nc4ccc(CC(=O)Cc5ccccc5)cc4CC(=O)C3)c2)cc(C)n1. The van der Waals surface area contributed by atoms with Gasteiger partial charge in [0.1, 0.15) is 11.6 Å². The Hall–Kier alpha value is -4.18. The van der Waals surface area contributed by atoms with Crippen LogP contribution in [0.3, 0.4) is 0 Å². The van der Waals surface area contributed by atoms with E-state index in [0.29, 0.717) is 19.3 Å². The van der Waals surface area contributed by atoms with E-state index in [1.54, 1.807) is 0 Å². The molecule has 0 unspecified atom stereocenters. The molecule has 0 bridgehead atoms. The summed E-state index contributed by atoms with van der Waals surface area (Å²) in [7, 11) is 0. The van der Waals surface area contributed by atoms with Gasteiger partial charge in [0.25, 0.3) is 0 Å². The third kappa shape index (κ3) is 5.55. The predicted octanol–water partition coefficient (Wildman–Crippen LogP) is 6.36. The van der Waals surface area contributed by atoms with Crippen molar-refractivity contribution in [3.8, 4) is 11.1 Å². The van der Waals surface area contributed by atoms with Crippen molar-refractivity contribution >= 4 is 23.0 Å². The van der Waals surface area contributed by atoms with Crippen molar-refractivity contribution in [1.29, 1.82) is 0 Å². The molecule has 4 heteroatoms. The van der Waals surface area contributed by atoms with E-state index < -0.39 is 0 Å². The Bertz CT molecular complexity index is 1470. The summed E-state index contributed by atoms with van der Waals surface area (Å²) in [4.78, 5) is 34.9. The van der Waals surface area contributed by atoms with E-state index in [2.05, 4.69) is 29.2 Å². The van der Waals surface area contributed by atoms with Crippen LogP contribution in [0.25, 0.3) is 11.1 Å². The fraction of sp³-hybridized carbons (Fsp3) is 0.188. The molecule has 0 radical (unpaired) electrons. The molecular formula is C32H28N2O2. The molecule has 36 heavy (non-hydrogen) atoms. The van der Waals surface area contributed by atoms with Gasteiger partial charge in [0.15, 0.2) is 0 Å².